The van der Waals surface area contributed by atoms with Crippen molar-refractivity contribution in [1.29, 1.82) is 0 Å². The van der Waals surface area contributed by atoms with Crippen molar-refractivity contribution in [1.82, 2.24) is 15.2 Å². The van der Waals surface area contributed by atoms with Gasteiger partial charge in [-0.2, -0.15) is 0 Å². The van der Waals surface area contributed by atoms with Crippen molar-refractivity contribution < 1.29 is 14.6 Å². The van der Waals surface area contributed by atoms with Crippen LogP contribution in [0, 0.1) is 0 Å². The minimum absolute atomic E-state index is 0.0541. The molecular formula is C20H21N3O3S. The summed E-state index contributed by atoms with van der Waals surface area (Å²) >= 11 is 1.03. The van der Waals surface area contributed by atoms with Gasteiger partial charge in [0.25, 0.3) is 0 Å². The maximum atomic E-state index is 11.8. The summed E-state index contributed by atoms with van der Waals surface area (Å²) in [7, 11) is 0. The molecule has 0 spiro atoms. The van der Waals surface area contributed by atoms with Gasteiger partial charge in [-0.25, -0.2) is 9.78 Å². The number of hydrogen-bond donors (Lipinski definition) is 2. The molecule has 7 heteroatoms. The van der Waals surface area contributed by atoms with Gasteiger partial charge in [-0.3, -0.25) is 5.10 Å². The molecule has 3 rings (SSSR count). The first-order valence-electron chi connectivity index (χ1n) is 8.70. The molecule has 2 N–H and O–H groups in total. The van der Waals surface area contributed by atoms with Crippen LogP contribution >= 0.6 is 11.8 Å². The second kappa shape index (κ2) is 8.26. The summed E-state index contributed by atoms with van der Waals surface area (Å²) in [5.41, 5.74) is 0.804. The Bertz CT molecular complexity index is 995. The zero-order chi connectivity index (χ0) is 19.4. The summed E-state index contributed by atoms with van der Waals surface area (Å²) in [4.78, 5) is 16.2. The highest BCUT2D eigenvalue weighted by Crippen LogP contribution is 2.33. The lowest BCUT2D eigenvalue weighted by Crippen LogP contribution is -2.06. The lowest BCUT2D eigenvalue weighted by Gasteiger charge is -2.14. The summed E-state index contributed by atoms with van der Waals surface area (Å²) in [6, 6.07) is 11.5. The van der Waals surface area contributed by atoms with Crippen molar-refractivity contribution >= 4 is 34.6 Å². The molecule has 0 unspecified atom stereocenters. The Kier molecular flexibility index (Phi) is 5.81. The number of aryl methyl sites for hydroxylation is 1. The van der Waals surface area contributed by atoms with Crippen molar-refractivity contribution in [2.24, 2.45) is 0 Å². The number of carboxylic acid groups (broad SMARTS) is 1. The maximum Gasteiger partial charge on any atom is 0.342 e. The van der Waals surface area contributed by atoms with E-state index in [0.29, 0.717) is 11.6 Å². The van der Waals surface area contributed by atoms with Crippen molar-refractivity contribution in [2.75, 3.05) is 0 Å². The number of nitrogens with one attached hydrogen (secondary N) is 1. The van der Waals surface area contributed by atoms with Crippen molar-refractivity contribution in [3.05, 3.63) is 52.7 Å². The van der Waals surface area contributed by atoms with Crippen LogP contribution in [0.1, 0.15) is 32.2 Å². The zero-order valence-electron chi connectivity index (χ0n) is 15.4. The number of aromatic amines is 1. The predicted octanol–water partition coefficient (Wildman–Crippen LogP) is 4.53. The Morgan fingerprint density at radius 2 is 2.00 bits per heavy atom. The Balaban J connectivity index is 2.02. The van der Waals surface area contributed by atoms with Gasteiger partial charge >= 0.3 is 5.97 Å². The number of carboxylic acids is 1. The van der Waals surface area contributed by atoms with Gasteiger partial charge in [-0.15, -0.1) is 5.10 Å². The van der Waals surface area contributed by atoms with E-state index in [0.717, 1.165) is 39.7 Å². The Morgan fingerprint density at radius 3 is 2.63 bits per heavy atom. The van der Waals surface area contributed by atoms with E-state index in [-0.39, 0.29) is 11.0 Å². The fourth-order valence-corrected chi connectivity index (χ4v) is 3.35. The number of nitrogens with zero attached hydrogens (tertiary/aromatic N) is 2. The third-order valence-corrected chi connectivity index (χ3v) is 4.70. The molecule has 0 atom stereocenters. The average Bonchev–Trinajstić information content (AvgIpc) is 3.10. The number of fused-ring (bicyclic) bond motifs is 1. The van der Waals surface area contributed by atoms with Crippen molar-refractivity contribution in [2.45, 2.75) is 38.5 Å². The van der Waals surface area contributed by atoms with Gasteiger partial charge in [-0.1, -0.05) is 37.3 Å². The largest absolute Gasteiger partial charge is 0.490 e. The first-order valence-corrected chi connectivity index (χ1v) is 9.52. The second-order valence-corrected chi connectivity index (χ2v) is 7.21. The quantitative estimate of drug-likeness (QED) is 0.460. The number of rotatable bonds is 7. The molecule has 0 bridgehead atoms. The number of H-pyrrole nitrogens is 1. The van der Waals surface area contributed by atoms with Gasteiger partial charge in [0.15, 0.2) is 0 Å². The topological polar surface area (TPSA) is 88.1 Å². The van der Waals surface area contributed by atoms with Crippen LogP contribution < -0.4 is 4.74 Å². The van der Waals surface area contributed by atoms with Crippen molar-refractivity contribution in [3.63, 3.8) is 0 Å². The molecule has 0 radical (unpaired) electrons. The number of aromatic nitrogens is 3. The molecule has 0 amide bonds. The third-order valence-electron chi connectivity index (χ3n) is 3.83. The summed E-state index contributed by atoms with van der Waals surface area (Å²) in [6.07, 6.45) is 2.41. The fraction of sp³-hybridized carbons (Fsp3) is 0.250. The molecule has 0 saturated carbocycles. The van der Waals surface area contributed by atoms with E-state index < -0.39 is 5.97 Å². The molecule has 0 fully saturated rings. The van der Waals surface area contributed by atoms with Gasteiger partial charge in [0.1, 0.15) is 16.5 Å². The molecule has 0 aliphatic heterocycles. The lowest BCUT2D eigenvalue weighted by molar-refractivity contribution is -0.131. The fourth-order valence-electron chi connectivity index (χ4n) is 2.63. The van der Waals surface area contributed by atoms with Gasteiger partial charge in [0.05, 0.1) is 6.10 Å². The first kappa shape index (κ1) is 19.0. The molecule has 3 aromatic rings. The molecule has 1 heterocycles. The van der Waals surface area contributed by atoms with Crippen LogP contribution in [0.15, 0.2) is 46.5 Å². The van der Waals surface area contributed by atoms with Crippen LogP contribution in [0.5, 0.6) is 5.75 Å². The summed E-state index contributed by atoms with van der Waals surface area (Å²) in [6.45, 7) is 5.90. The van der Waals surface area contributed by atoms with E-state index in [1.807, 2.05) is 57.2 Å². The Hall–Kier alpha value is -2.80. The first-order chi connectivity index (χ1) is 13.0. The number of carbonyl (C=O) groups is 1. The number of aliphatic carboxylic acids is 1. The normalized spacial score (nSPS) is 11.9. The monoisotopic (exact) mass is 383 g/mol. The van der Waals surface area contributed by atoms with Crippen LogP contribution in [0.4, 0.5) is 0 Å². The van der Waals surface area contributed by atoms with E-state index in [1.165, 1.54) is 0 Å². The number of thioether (sulfide) groups is 1. The number of ether oxygens (including phenoxy) is 1. The van der Waals surface area contributed by atoms with Crippen LogP contribution in [0.25, 0.3) is 16.8 Å². The molecule has 1 aromatic heterocycles. The van der Waals surface area contributed by atoms with E-state index >= 15 is 0 Å². The van der Waals surface area contributed by atoms with Crippen LogP contribution in [-0.2, 0) is 11.2 Å². The molecular weight excluding hydrogens is 362 g/mol. The number of benzene rings is 2. The van der Waals surface area contributed by atoms with Gasteiger partial charge < -0.3 is 9.84 Å². The SMILES string of the molecule is CCc1nc(S/C(=C\c2ccc(OC(C)C)c3ccccc23)C(=O)O)n[nH]1. The zero-order valence-corrected chi connectivity index (χ0v) is 16.2. The highest BCUT2D eigenvalue weighted by Gasteiger charge is 2.15. The van der Waals surface area contributed by atoms with Crippen LogP contribution in [-0.4, -0.2) is 32.4 Å². The maximum absolute atomic E-state index is 11.8. The highest BCUT2D eigenvalue weighted by atomic mass is 32.2. The highest BCUT2D eigenvalue weighted by molar-refractivity contribution is 8.04. The standard InChI is InChI=1S/C20H21N3O3S/c1-4-18-21-20(23-22-18)27-17(19(24)25)11-13-9-10-16(26-12(2)3)15-8-6-5-7-14(13)15/h5-12H,4H2,1-3H3,(H,24,25)(H,21,22,23)/b17-11-. The summed E-state index contributed by atoms with van der Waals surface area (Å²) < 4.78 is 5.88. The number of hydrogen-bond acceptors (Lipinski definition) is 5. The summed E-state index contributed by atoms with van der Waals surface area (Å²) in [5, 5.41) is 18.8. The molecule has 0 aliphatic rings. The molecule has 6 nitrogen and oxygen atoms in total. The van der Waals surface area contributed by atoms with E-state index in [4.69, 9.17) is 4.74 Å². The Morgan fingerprint density at radius 1 is 1.26 bits per heavy atom. The molecule has 27 heavy (non-hydrogen) atoms. The van der Waals surface area contributed by atoms with E-state index in [1.54, 1.807) is 6.08 Å². The molecule has 0 aliphatic carbocycles. The predicted molar refractivity (Wildman–Crippen MR) is 107 cm³/mol. The van der Waals surface area contributed by atoms with Crippen molar-refractivity contribution in [3.8, 4) is 5.75 Å². The third kappa shape index (κ3) is 4.49. The molecule has 2 aromatic carbocycles. The smallest absolute Gasteiger partial charge is 0.342 e. The second-order valence-electron chi connectivity index (χ2n) is 6.20. The Labute approximate surface area is 161 Å². The van der Waals surface area contributed by atoms with Crippen LogP contribution in [0.3, 0.4) is 0 Å². The average molecular weight is 383 g/mol. The van der Waals surface area contributed by atoms with Gasteiger partial charge in [0, 0.05) is 11.8 Å². The van der Waals surface area contributed by atoms with E-state index in [9.17, 15) is 9.90 Å². The van der Waals surface area contributed by atoms with E-state index in [2.05, 4.69) is 15.2 Å². The lowest BCUT2D eigenvalue weighted by atomic mass is 10.0. The molecule has 140 valence electrons. The minimum Gasteiger partial charge on any atom is -0.490 e. The van der Waals surface area contributed by atoms with Gasteiger partial charge in [-0.05, 0) is 48.7 Å². The molecule has 0 saturated heterocycles. The van der Waals surface area contributed by atoms with Gasteiger partial charge in [0.2, 0.25) is 5.16 Å². The summed E-state index contributed by atoms with van der Waals surface area (Å²) in [5.74, 6) is 0.487. The minimum atomic E-state index is -1.02. The van der Waals surface area contributed by atoms with Crippen LogP contribution in [0.2, 0.25) is 0 Å².